The van der Waals surface area contributed by atoms with E-state index in [9.17, 15) is 9.18 Å². The van der Waals surface area contributed by atoms with E-state index < -0.39 is 5.82 Å². The summed E-state index contributed by atoms with van der Waals surface area (Å²) < 4.78 is 27.3. The summed E-state index contributed by atoms with van der Waals surface area (Å²) in [6.07, 6.45) is 2.17. The highest BCUT2D eigenvalue weighted by atomic mass is 32.2. The first-order valence-electron chi connectivity index (χ1n) is 10.2. The van der Waals surface area contributed by atoms with E-state index in [-0.39, 0.29) is 23.5 Å². The second kappa shape index (κ2) is 9.76. The minimum atomic E-state index is -0.440. The lowest BCUT2D eigenvalue weighted by Gasteiger charge is -2.28. The molecule has 0 radical (unpaired) electrons. The van der Waals surface area contributed by atoms with Crippen LogP contribution in [0.5, 0.6) is 0 Å². The quantitative estimate of drug-likeness (QED) is 0.669. The number of halogens is 1. The molecule has 4 rings (SSSR count). The zero-order valence-corrected chi connectivity index (χ0v) is 17.8. The maximum Gasteiger partial charge on any atom is 0.234 e. The van der Waals surface area contributed by atoms with E-state index in [4.69, 9.17) is 9.47 Å². The smallest absolute Gasteiger partial charge is 0.234 e. The van der Waals surface area contributed by atoms with Gasteiger partial charge in [0.2, 0.25) is 11.9 Å². The van der Waals surface area contributed by atoms with Gasteiger partial charge in [0.05, 0.1) is 37.3 Å². The maximum atomic E-state index is 14.0. The van der Waals surface area contributed by atoms with Crippen molar-refractivity contribution in [2.24, 2.45) is 0 Å². The number of anilines is 2. The molecule has 8 nitrogen and oxygen atoms in total. The molecule has 2 saturated heterocycles. The molecule has 0 aliphatic carbocycles. The number of nitrogens with one attached hydrogen (secondary N) is 1. The third-order valence-electron chi connectivity index (χ3n) is 5.13. The van der Waals surface area contributed by atoms with Crippen molar-refractivity contribution in [1.82, 2.24) is 14.8 Å². The van der Waals surface area contributed by atoms with Crippen molar-refractivity contribution >= 4 is 29.3 Å². The van der Waals surface area contributed by atoms with E-state index in [0.29, 0.717) is 24.9 Å². The Morgan fingerprint density at radius 1 is 1.30 bits per heavy atom. The summed E-state index contributed by atoms with van der Waals surface area (Å²) in [6.45, 7) is 6.03. The summed E-state index contributed by atoms with van der Waals surface area (Å²) in [5.74, 6) is 0.160. The molecule has 10 heteroatoms. The predicted molar refractivity (Wildman–Crippen MR) is 113 cm³/mol. The second-order valence-corrected chi connectivity index (χ2v) is 8.39. The lowest BCUT2D eigenvalue weighted by Crippen LogP contribution is -2.38. The number of rotatable bonds is 7. The Morgan fingerprint density at radius 2 is 2.13 bits per heavy atom. The number of amides is 1. The topological polar surface area (TPSA) is 81.5 Å². The average Bonchev–Trinajstić information content (AvgIpc) is 3.40. The summed E-state index contributed by atoms with van der Waals surface area (Å²) >= 11 is 1.29. The lowest BCUT2D eigenvalue weighted by atomic mass is 10.2. The summed E-state index contributed by atoms with van der Waals surface area (Å²) in [4.78, 5) is 14.5. The normalized spacial score (nSPS) is 19.3. The number of carbonyl (C=O) groups is 1. The van der Waals surface area contributed by atoms with Crippen molar-refractivity contribution in [2.45, 2.75) is 37.6 Å². The highest BCUT2D eigenvalue weighted by molar-refractivity contribution is 7.99. The average molecular weight is 436 g/mol. The minimum Gasteiger partial charge on any atom is -0.378 e. The van der Waals surface area contributed by atoms with Crippen LogP contribution < -0.4 is 10.2 Å². The van der Waals surface area contributed by atoms with Crippen LogP contribution in [0.2, 0.25) is 0 Å². The predicted octanol–water partition coefficient (Wildman–Crippen LogP) is 2.47. The Kier molecular flexibility index (Phi) is 6.86. The zero-order valence-electron chi connectivity index (χ0n) is 17.0. The SMILES string of the molecule is Cc1ccc(NC(=O)CSc2nnc(N3CCOCC3)n2CC2CCCO2)c(F)c1. The first-order valence-corrected chi connectivity index (χ1v) is 11.1. The van der Waals surface area contributed by atoms with Crippen LogP contribution >= 0.6 is 11.8 Å². The van der Waals surface area contributed by atoms with Crippen molar-refractivity contribution in [3.05, 3.63) is 29.6 Å². The van der Waals surface area contributed by atoms with Gasteiger partial charge in [0.25, 0.3) is 0 Å². The number of hydrogen-bond donors (Lipinski definition) is 1. The van der Waals surface area contributed by atoms with Crippen LogP contribution in [0.15, 0.2) is 23.4 Å². The summed E-state index contributed by atoms with van der Waals surface area (Å²) in [7, 11) is 0. The highest BCUT2D eigenvalue weighted by Crippen LogP contribution is 2.26. The molecule has 2 aliphatic rings. The molecular formula is C20H26FN5O3S. The van der Waals surface area contributed by atoms with Gasteiger partial charge in [-0.25, -0.2) is 4.39 Å². The molecule has 3 heterocycles. The van der Waals surface area contributed by atoms with Gasteiger partial charge in [-0.2, -0.15) is 0 Å². The monoisotopic (exact) mass is 435 g/mol. The molecule has 30 heavy (non-hydrogen) atoms. The Hall–Kier alpha value is -2.17. The van der Waals surface area contributed by atoms with E-state index in [1.54, 1.807) is 19.1 Å². The van der Waals surface area contributed by atoms with Gasteiger partial charge in [-0.3, -0.25) is 9.36 Å². The van der Waals surface area contributed by atoms with Gasteiger partial charge in [-0.05, 0) is 37.5 Å². The van der Waals surface area contributed by atoms with E-state index in [1.165, 1.54) is 17.8 Å². The summed E-state index contributed by atoms with van der Waals surface area (Å²) in [5.41, 5.74) is 0.985. The minimum absolute atomic E-state index is 0.111. The second-order valence-electron chi connectivity index (χ2n) is 7.45. The van der Waals surface area contributed by atoms with Crippen molar-refractivity contribution in [3.63, 3.8) is 0 Å². The summed E-state index contributed by atoms with van der Waals surface area (Å²) in [5, 5.41) is 12.0. The van der Waals surface area contributed by atoms with Crippen LogP contribution in [-0.4, -0.2) is 65.4 Å². The number of hydrogen-bond acceptors (Lipinski definition) is 7. The maximum absolute atomic E-state index is 14.0. The van der Waals surface area contributed by atoms with Gasteiger partial charge < -0.3 is 19.7 Å². The van der Waals surface area contributed by atoms with E-state index in [0.717, 1.165) is 44.0 Å². The number of nitrogens with zero attached hydrogens (tertiary/aromatic N) is 4. The number of morpholine rings is 1. The van der Waals surface area contributed by atoms with Gasteiger partial charge in [0, 0.05) is 19.7 Å². The molecule has 0 spiro atoms. The lowest BCUT2D eigenvalue weighted by molar-refractivity contribution is -0.113. The standard InChI is InChI=1S/C20H26FN5O3S/c1-14-4-5-17(16(21)11-14)22-18(27)13-30-20-24-23-19(25-6-9-28-10-7-25)26(20)12-15-3-2-8-29-15/h4-5,11,15H,2-3,6-10,12-13H2,1H3,(H,22,27). The molecule has 1 amide bonds. The fourth-order valence-electron chi connectivity index (χ4n) is 3.57. The van der Waals surface area contributed by atoms with Crippen LogP contribution in [0.25, 0.3) is 0 Å². The number of carbonyl (C=O) groups excluding carboxylic acids is 1. The van der Waals surface area contributed by atoms with E-state index >= 15 is 0 Å². The van der Waals surface area contributed by atoms with E-state index in [1.807, 2.05) is 4.57 Å². The molecule has 0 bridgehead atoms. The number of aryl methyl sites for hydroxylation is 1. The van der Waals surface area contributed by atoms with Gasteiger partial charge in [0.1, 0.15) is 5.82 Å². The van der Waals surface area contributed by atoms with Crippen LogP contribution in [0.1, 0.15) is 18.4 Å². The third kappa shape index (κ3) is 5.11. The first kappa shape index (κ1) is 21.1. The van der Waals surface area contributed by atoms with Gasteiger partial charge in [-0.1, -0.05) is 17.8 Å². The number of thioether (sulfide) groups is 1. The largest absolute Gasteiger partial charge is 0.378 e. The van der Waals surface area contributed by atoms with Crippen molar-refractivity contribution in [2.75, 3.05) is 48.9 Å². The fourth-order valence-corrected chi connectivity index (χ4v) is 4.32. The van der Waals surface area contributed by atoms with Gasteiger partial charge >= 0.3 is 0 Å². The van der Waals surface area contributed by atoms with Crippen LogP contribution in [-0.2, 0) is 20.8 Å². The molecule has 2 aromatic rings. The molecular weight excluding hydrogens is 409 g/mol. The number of aromatic nitrogens is 3. The molecule has 0 saturated carbocycles. The first-order chi connectivity index (χ1) is 14.6. The molecule has 1 aromatic carbocycles. The highest BCUT2D eigenvalue weighted by Gasteiger charge is 2.25. The Balaban J connectivity index is 1.44. The van der Waals surface area contributed by atoms with E-state index in [2.05, 4.69) is 20.4 Å². The zero-order chi connectivity index (χ0) is 20.9. The molecule has 1 unspecified atom stereocenters. The molecule has 162 valence electrons. The molecule has 2 aliphatic heterocycles. The Labute approximate surface area is 179 Å². The van der Waals surface area contributed by atoms with Gasteiger partial charge in [0.15, 0.2) is 5.16 Å². The number of ether oxygens (including phenoxy) is 2. The molecule has 1 N–H and O–H groups in total. The molecule has 1 atom stereocenters. The van der Waals surface area contributed by atoms with Crippen LogP contribution in [0, 0.1) is 12.7 Å². The van der Waals surface area contributed by atoms with Crippen molar-refractivity contribution < 1.29 is 18.7 Å². The molecule has 2 fully saturated rings. The van der Waals surface area contributed by atoms with Crippen LogP contribution in [0.4, 0.5) is 16.0 Å². The van der Waals surface area contributed by atoms with Crippen LogP contribution in [0.3, 0.4) is 0 Å². The Morgan fingerprint density at radius 3 is 2.87 bits per heavy atom. The van der Waals surface area contributed by atoms with Crippen molar-refractivity contribution in [3.8, 4) is 0 Å². The number of benzene rings is 1. The fraction of sp³-hybridized carbons (Fsp3) is 0.550. The molecule has 1 aromatic heterocycles. The van der Waals surface area contributed by atoms with Gasteiger partial charge in [-0.15, -0.1) is 10.2 Å². The van der Waals surface area contributed by atoms with Crippen molar-refractivity contribution in [1.29, 1.82) is 0 Å². The summed E-state index contributed by atoms with van der Waals surface area (Å²) in [6, 6.07) is 4.73. The Bertz CT molecular complexity index is 881. The third-order valence-corrected chi connectivity index (χ3v) is 6.10.